The van der Waals surface area contributed by atoms with E-state index in [2.05, 4.69) is 41.5 Å². The second kappa shape index (κ2) is 7.02. The Bertz CT molecular complexity index is 499. The molecule has 1 aromatic heterocycles. The van der Waals surface area contributed by atoms with Crippen molar-refractivity contribution in [2.24, 2.45) is 0 Å². The van der Waals surface area contributed by atoms with Crippen LogP contribution in [0.4, 0.5) is 0 Å². The third-order valence-electron chi connectivity index (χ3n) is 3.20. The van der Waals surface area contributed by atoms with Gasteiger partial charge in [0.05, 0.1) is 6.61 Å². The molecule has 0 spiro atoms. The minimum atomic E-state index is 0.282. The lowest BCUT2D eigenvalue weighted by molar-refractivity contribution is 0.184. The Morgan fingerprint density at radius 2 is 1.95 bits per heavy atom. The second-order valence-electron chi connectivity index (χ2n) is 4.59. The van der Waals surface area contributed by atoms with Crippen molar-refractivity contribution in [1.82, 2.24) is 10.3 Å². The molecule has 2 rings (SSSR count). The average molecular weight is 256 g/mol. The van der Waals surface area contributed by atoms with Gasteiger partial charge in [-0.3, -0.25) is 4.98 Å². The van der Waals surface area contributed by atoms with Crippen molar-refractivity contribution in [2.75, 3.05) is 7.11 Å². The first kappa shape index (κ1) is 13.7. The molecule has 0 aliphatic heterocycles. The van der Waals surface area contributed by atoms with Crippen LogP contribution < -0.4 is 5.32 Å². The Morgan fingerprint density at radius 3 is 2.63 bits per heavy atom. The van der Waals surface area contributed by atoms with Crippen molar-refractivity contribution >= 4 is 0 Å². The minimum Gasteiger partial charge on any atom is -0.380 e. The first-order chi connectivity index (χ1) is 9.31. The van der Waals surface area contributed by atoms with Gasteiger partial charge in [0.2, 0.25) is 0 Å². The number of rotatable bonds is 6. The molecule has 3 heteroatoms. The van der Waals surface area contributed by atoms with Crippen molar-refractivity contribution in [1.29, 1.82) is 0 Å². The van der Waals surface area contributed by atoms with Gasteiger partial charge in [-0.1, -0.05) is 30.3 Å². The second-order valence-corrected chi connectivity index (χ2v) is 4.59. The maximum Gasteiger partial charge on any atom is 0.0716 e. The van der Waals surface area contributed by atoms with Gasteiger partial charge in [-0.15, -0.1) is 0 Å². The summed E-state index contributed by atoms with van der Waals surface area (Å²) in [6, 6.07) is 12.7. The van der Waals surface area contributed by atoms with Crippen LogP contribution in [0.2, 0.25) is 0 Å². The summed E-state index contributed by atoms with van der Waals surface area (Å²) in [6.45, 7) is 3.63. The van der Waals surface area contributed by atoms with Crippen molar-refractivity contribution in [2.45, 2.75) is 26.1 Å². The molecule has 0 bridgehead atoms. The third-order valence-corrected chi connectivity index (χ3v) is 3.20. The van der Waals surface area contributed by atoms with Crippen LogP contribution in [0.25, 0.3) is 0 Å². The number of nitrogens with zero attached hydrogens (tertiary/aromatic N) is 1. The summed E-state index contributed by atoms with van der Waals surface area (Å²) in [6.07, 6.45) is 3.70. The Kier molecular flexibility index (Phi) is 5.07. The van der Waals surface area contributed by atoms with E-state index in [0.29, 0.717) is 6.61 Å². The van der Waals surface area contributed by atoms with Crippen LogP contribution in [0.5, 0.6) is 0 Å². The molecule has 0 saturated heterocycles. The summed E-state index contributed by atoms with van der Waals surface area (Å²) < 4.78 is 5.22. The Morgan fingerprint density at radius 1 is 1.16 bits per heavy atom. The normalized spacial score (nSPS) is 12.3. The molecular formula is C16H20N2O. The maximum atomic E-state index is 5.22. The third kappa shape index (κ3) is 3.88. The molecule has 1 aromatic carbocycles. The van der Waals surface area contributed by atoms with Crippen LogP contribution in [0, 0.1) is 0 Å². The largest absolute Gasteiger partial charge is 0.380 e. The molecule has 2 aromatic rings. The van der Waals surface area contributed by atoms with Gasteiger partial charge < -0.3 is 10.1 Å². The number of pyridine rings is 1. The zero-order chi connectivity index (χ0) is 13.5. The zero-order valence-electron chi connectivity index (χ0n) is 11.5. The van der Waals surface area contributed by atoms with Crippen molar-refractivity contribution in [3.05, 3.63) is 65.5 Å². The highest BCUT2D eigenvalue weighted by Gasteiger charge is 2.06. The van der Waals surface area contributed by atoms with Crippen LogP contribution in [0.15, 0.2) is 48.8 Å². The lowest BCUT2D eigenvalue weighted by Gasteiger charge is -2.15. The molecular weight excluding hydrogens is 236 g/mol. The zero-order valence-corrected chi connectivity index (χ0v) is 11.5. The van der Waals surface area contributed by atoms with Crippen molar-refractivity contribution in [3.8, 4) is 0 Å². The molecule has 1 heterocycles. The van der Waals surface area contributed by atoms with E-state index in [1.807, 2.05) is 18.3 Å². The number of benzene rings is 1. The van der Waals surface area contributed by atoms with Crippen LogP contribution in [0.3, 0.4) is 0 Å². The number of aromatic nitrogens is 1. The predicted molar refractivity (Wildman–Crippen MR) is 76.6 cm³/mol. The topological polar surface area (TPSA) is 34.1 Å². The van der Waals surface area contributed by atoms with Crippen LogP contribution in [-0.4, -0.2) is 12.1 Å². The highest BCUT2D eigenvalue weighted by atomic mass is 16.5. The SMILES string of the molecule is COCc1ccccc1CNC(C)c1cccnc1. The van der Waals surface area contributed by atoms with Gasteiger partial charge in [0.1, 0.15) is 0 Å². The van der Waals surface area contributed by atoms with Gasteiger partial charge in [-0.05, 0) is 29.7 Å². The van der Waals surface area contributed by atoms with E-state index in [9.17, 15) is 0 Å². The summed E-state index contributed by atoms with van der Waals surface area (Å²) in [5.41, 5.74) is 3.71. The minimum absolute atomic E-state index is 0.282. The van der Waals surface area contributed by atoms with Gasteiger partial charge in [0, 0.05) is 32.1 Å². The first-order valence-corrected chi connectivity index (χ1v) is 6.50. The average Bonchev–Trinajstić information content (AvgIpc) is 2.47. The fourth-order valence-corrected chi connectivity index (χ4v) is 2.04. The van der Waals surface area contributed by atoms with Gasteiger partial charge in [-0.25, -0.2) is 0 Å². The number of ether oxygens (including phenoxy) is 1. The summed E-state index contributed by atoms with van der Waals surface area (Å²) in [4.78, 5) is 4.15. The summed E-state index contributed by atoms with van der Waals surface area (Å²) in [5, 5.41) is 3.52. The Labute approximate surface area is 114 Å². The predicted octanol–water partition coefficient (Wildman–Crippen LogP) is 3.08. The van der Waals surface area contributed by atoms with E-state index < -0.39 is 0 Å². The number of methoxy groups -OCH3 is 1. The van der Waals surface area contributed by atoms with E-state index in [1.165, 1.54) is 16.7 Å². The lowest BCUT2D eigenvalue weighted by Crippen LogP contribution is -2.19. The molecule has 1 atom stereocenters. The van der Waals surface area contributed by atoms with E-state index in [-0.39, 0.29) is 6.04 Å². The monoisotopic (exact) mass is 256 g/mol. The lowest BCUT2D eigenvalue weighted by atomic mass is 10.1. The molecule has 100 valence electrons. The molecule has 19 heavy (non-hydrogen) atoms. The fraction of sp³-hybridized carbons (Fsp3) is 0.312. The maximum absolute atomic E-state index is 5.22. The number of hydrogen-bond donors (Lipinski definition) is 1. The van der Waals surface area contributed by atoms with E-state index in [4.69, 9.17) is 4.74 Å². The number of nitrogens with one attached hydrogen (secondary N) is 1. The highest BCUT2D eigenvalue weighted by Crippen LogP contribution is 2.14. The van der Waals surface area contributed by atoms with Crippen LogP contribution in [0.1, 0.15) is 29.7 Å². The van der Waals surface area contributed by atoms with Crippen molar-refractivity contribution in [3.63, 3.8) is 0 Å². The summed E-state index contributed by atoms with van der Waals surface area (Å²) in [7, 11) is 1.72. The molecule has 0 saturated carbocycles. The standard InChI is InChI=1S/C16H20N2O/c1-13(14-8-5-9-17-10-14)18-11-15-6-3-4-7-16(15)12-19-2/h3-10,13,18H,11-12H2,1-2H3. The molecule has 1 N–H and O–H groups in total. The van der Waals surface area contributed by atoms with Gasteiger partial charge in [0.15, 0.2) is 0 Å². The summed E-state index contributed by atoms with van der Waals surface area (Å²) >= 11 is 0. The Balaban J connectivity index is 1.99. The molecule has 0 radical (unpaired) electrons. The molecule has 0 amide bonds. The van der Waals surface area contributed by atoms with Crippen LogP contribution >= 0.6 is 0 Å². The first-order valence-electron chi connectivity index (χ1n) is 6.50. The Hall–Kier alpha value is -1.71. The molecule has 0 aliphatic carbocycles. The summed E-state index contributed by atoms with van der Waals surface area (Å²) in [5.74, 6) is 0. The van der Waals surface area contributed by atoms with E-state index in [1.54, 1.807) is 13.3 Å². The molecule has 3 nitrogen and oxygen atoms in total. The molecule has 1 unspecified atom stereocenters. The molecule has 0 aliphatic rings. The number of hydrogen-bond acceptors (Lipinski definition) is 3. The van der Waals surface area contributed by atoms with E-state index in [0.717, 1.165) is 6.54 Å². The van der Waals surface area contributed by atoms with Gasteiger partial charge in [0.25, 0.3) is 0 Å². The van der Waals surface area contributed by atoms with Gasteiger partial charge in [-0.2, -0.15) is 0 Å². The van der Waals surface area contributed by atoms with Crippen molar-refractivity contribution < 1.29 is 4.74 Å². The highest BCUT2D eigenvalue weighted by molar-refractivity contribution is 5.26. The van der Waals surface area contributed by atoms with Crippen LogP contribution in [-0.2, 0) is 17.9 Å². The van der Waals surface area contributed by atoms with E-state index >= 15 is 0 Å². The quantitative estimate of drug-likeness (QED) is 0.862. The smallest absolute Gasteiger partial charge is 0.0716 e. The molecule has 0 fully saturated rings. The van der Waals surface area contributed by atoms with Gasteiger partial charge >= 0.3 is 0 Å². The fourth-order valence-electron chi connectivity index (χ4n) is 2.04.